The summed E-state index contributed by atoms with van der Waals surface area (Å²) in [6.07, 6.45) is 0. The lowest BCUT2D eigenvalue weighted by Gasteiger charge is -2.12. The second-order valence-electron chi connectivity index (χ2n) is 5.96. The predicted octanol–water partition coefficient (Wildman–Crippen LogP) is 4.89. The van der Waals surface area contributed by atoms with Crippen molar-refractivity contribution in [3.63, 3.8) is 0 Å². The first kappa shape index (κ1) is 18.1. The summed E-state index contributed by atoms with van der Waals surface area (Å²) in [7, 11) is 0. The minimum atomic E-state index is -1.06. The molecule has 0 heterocycles. The van der Waals surface area contributed by atoms with Gasteiger partial charge >= 0.3 is 5.97 Å². The van der Waals surface area contributed by atoms with Crippen molar-refractivity contribution in [1.29, 1.82) is 0 Å². The number of hydrogen-bond acceptors (Lipinski definition) is 3. The highest BCUT2D eigenvalue weighted by Crippen LogP contribution is 2.29. The first-order valence-corrected chi connectivity index (χ1v) is 8.20. The van der Waals surface area contributed by atoms with Crippen LogP contribution in [0, 0.1) is 5.82 Å². The molecule has 5 nitrogen and oxygen atoms in total. The summed E-state index contributed by atoms with van der Waals surface area (Å²) in [5.74, 6) is -1.58. The van der Waals surface area contributed by atoms with Gasteiger partial charge in [-0.15, -0.1) is 0 Å². The molecule has 3 aromatic rings. The van der Waals surface area contributed by atoms with Crippen LogP contribution >= 0.6 is 0 Å². The second kappa shape index (κ2) is 7.70. The Morgan fingerprint density at radius 3 is 2.04 bits per heavy atom. The number of carbonyl (C=O) groups excluding carboxylic acids is 1. The lowest BCUT2D eigenvalue weighted by molar-refractivity contribution is -0.114. The number of benzene rings is 3. The normalized spacial score (nSPS) is 10.3. The standard InChI is InChI=1S/C21H17FN2O3/c1-13(25)23-17-7-2-14(3-8-17)15-4-11-19(21(26)27)20(12-15)24-18-9-5-16(22)6-10-18/h2-12,24H,1H3,(H,23,25)(H,26,27). The summed E-state index contributed by atoms with van der Waals surface area (Å²) in [6.45, 7) is 1.44. The third kappa shape index (κ3) is 4.49. The van der Waals surface area contributed by atoms with Gasteiger partial charge < -0.3 is 15.7 Å². The molecule has 0 aliphatic heterocycles. The molecular formula is C21H17FN2O3. The first-order valence-electron chi connectivity index (χ1n) is 8.20. The SMILES string of the molecule is CC(=O)Nc1ccc(-c2ccc(C(=O)O)c(Nc3ccc(F)cc3)c2)cc1. The number of halogens is 1. The van der Waals surface area contributed by atoms with E-state index < -0.39 is 5.97 Å². The molecule has 27 heavy (non-hydrogen) atoms. The van der Waals surface area contributed by atoms with E-state index in [9.17, 15) is 19.1 Å². The van der Waals surface area contributed by atoms with Gasteiger partial charge in [-0.05, 0) is 59.7 Å². The molecule has 0 radical (unpaired) electrons. The van der Waals surface area contributed by atoms with E-state index in [2.05, 4.69) is 10.6 Å². The van der Waals surface area contributed by atoms with Gasteiger partial charge in [0.1, 0.15) is 5.82 Å². The molecule has 0 saturated carbocycles. The average molecular weight is 364 g/mol. The molecule has 0 spiro atoms. The Balaban J connectivity index is 1.94. The molecule has 0 saturated heterocycles. The van der Waals surface area contributed by atoms with Crippen LogP contribution in [0.5, 0.6) is 0 Å². The van der Waals surface area contributed by atoms with Crippen molar-refractivity contribution in [2.75, 3.05) is 10.6 Å². The van der Waals surface area contributed by atoms with Crippen LogP contribution in [-0.2, 0) is 4.79 Å². The quantitative estimate of drug-likeness (QED) is 0.602. The minimum Gasteiger partial charge on any atom is -0.478 e. The lowest BCUT2D eigenvalue weighted by atomic mass is 10.0. The van der Waals surface area contributed by atoms with Gasteiger partial charge in [0.25, 0.3) is 0 Å². The number of carboxylic acids is 1. The maximum absolute atomic E-state index is 13.1. The first-order chi connectivity index (χ1) is 12.9. The average Bonchev–Trinajstić information content (AvgIpc) is 2.63. The van der Waals surface area contributed by atoms with Gasteiger partial charge in [-0.3, -0.25) is 4.79 Å². The summed E-state index contributed by atoms with van der Waals surface area (Å²) >= 11 is 0. The molecule has 1 amide bonds. The van der Waals surface area contributed by atoms with E-state index in [0.717, 1.165) is 11.1 Å². The van der Waals surface area contributed by atoms with Crippen LogP contribution < -0.4 is 10.6 Å². The molecule has 0 unspecified atom stereocenters. The summed E-state index contributed by atoms with van der Waals surface area (Å²) in [5, 5.41) is 15.2. The van der Waals surface area contributed by atoms with Crippen molar-refractivity contribution in [2.24, 2.45) is 0 Å². The molecule has 0 aromatic heterocycles. The van der Waals surface area contributed by atoms with Gasteiger partial charge in [-0.25, -0.2) is 9.18 Å². The van der Waals surface area contributed by atoms with Crippen molar-refractivity contribution in [3.8, 4) is 11.1 Å². The third-order valence-electron chi connectivity index (χ3n) is 3.91. The summed E-state index contributed by atoms with van der Waals surface area (Å²) < 4.78 is 13.1. The Morgan fingerprint density at radius 1 is 0.852 bits per heavy atom. The van der Waals surface area contributed by atoms with Crippen LogP contribution in [0.15, 0.2) is 66.7 Å². The number of carbonyl (C=O) groups is 2. The van der Waals surface area contributed by atoms with E-state index in [0.29, 0.717) is 17.1 Å². The van der Waals surface area contributed by atoms with Crippen LogP contribution in [0.2, 0.25) is 0 Å². The molecule has 3 N–H and O–H groups in total. The zero-order chi connectivity index (χ0) is 19.4. The van der Waals surface area contributed by atoms with Crippen LogP contribution in [-0.4, -0.2) is 17.0 Å². The topological polar surface area (TPSA) is 78.4 Å². The summed E-state index contributed by atoms with van der Waals surface area (Å²) in [6, 6.07) is 17.8. The minimum absolute atomic E-state index is 0.109. The smallest absolute Gasteiger partial charge is 0.337 e. The highest BCUT2D eigenvalue weighted by atomic mass is 19.1. The summed E-state index contributed by atoms with van der Waals surface area (Å²) in [5.41, 5.74) is 3.44. The number of amides is 1. The third-order valence-corrected chi connectivity index (χ3v) is 3.91. The van der Waals surface area contributed by atoms with Crippen LogP contribution in [0.1, 0.15) is 17.3 Å². The van der Waals surface area contributed by atoms with Gasteiger partial charge in [-0.1, -0.05) is 18.2 Å². The number of nitrogens with one attached hydrogen (secondary N) is 2. The Bertz CT molecular complexity index is 983. The van der Waals surface area contributed by atoms with E-state index in [4.69, 9.17) is 0 Å². The number of anilines is 3. The monoisotopic (exact) mass is 364 g/mol. The maximum Gasteiger partial charge on any atom is 0.337 e. The number of rotatable bonds is 5. The lowest BCUT2D eigenvalue weighted by Crippen LogP contribution is -2.05. The van der Waals surface area contributed by atoms with Gasteiger partial charge in [0.05, 0.1) is 11.3 Å². The molecule has 136 valence electrons. The fourth-order valence-corrected chi connectivity index (χ4v) is 2.65. The second-order valence-corrected chi connectivity index (χ2v) is 5.96. The van der Waals surface area contributed by atoms with Gasteiger partial charge in [0, 0.05) is 18.3 Å². The molecule has 0 bridgehead atoms. The molecule has 3 rings (SSSR count). The Kier molecular flexibility index (Phi) is 5.17. The van der Waals surface area contributed by atoms with Gasteiger partial charge in [-0.2, -0.15) is 0 Å². The summed E-state index contributed by atoms with van der Waals surface area (Å²) in [4.78, 5) is 22.6. The Labute approximate surface area is 155 Å². The van der Waals surface area contributed by atoms with Crippen molar-refractivity contribution < 1.29 is 19.1 Å². The Morgan fingerprint density at radius 2 is 1.44 bits per heavy atom. The van der Waals surface area contributed by atoms with Crippen molar-refractivity contribution in [2.45, 2.75) is 6.92 Å². The van der Waals surface area contributed by atoms with E-state index in [-0.39, 0.29) is 17.3 Å². The Hall–Kier alpha value is -3.67. The van der Waals surface area contributed by atoms with E-state index >= 15 is 0 Å². The van der Waals surface area contributed by atoms with Crippen LogP contribution in [0.4, 0.5) is 21.5 Å². The number of hydrogen-bond donors (Lipinski definition) is 3. The molecule has 0 fully saturated rings. The maximum atomic E-state index is 13.1. The molecule has 3 aromatic carbocycles. The van der Waals surface area contributed by atoms with Crippen LogP contribution in [0.25, 0.3) is 11.1 Å². The van der Waals surface area contributed by atoms with Crippen molar-refractivity contribution in [3.05, 3.63) is 78.1 Å². The highest BCUT2D eigenvalue weighted by Gasteiger charge is 2.12. The fraction of sp³-hybridized carbons (Fsp3) is 0.0476. The highest BCUT2D eigenvalue weighted by molar-refractivity contribution is 5.96. The number of aromatic carboxylic acids is 1. The molecule has 6 heteroatoms. The molecule has 0 atom stereocenters. The van der Waals surface area contributed by atoms with Crippen LogP contribution in [0.3, 0.4) is 0 Å². The molecule has 0 aliphatic rings. The number of carboxylic acid groups (broad SMARTS) is 1. The van der Waals surface area contributed by atoms with Crippen molar-refractivity contribution >= 4 is 28.9 Å². The van der Waals surface area contributed by atoms with E-state index in [1.54, 1.807) is 24.3 Å². The zero-order valence-corrected chi connectivity index (χ0v) is 14.5. The van der Waals surface area contributed by atoms with E-state index in [1.165, 1.54) is 37.3 Å². The molecular weight excluding hydrogens is 347 g/mol. The largest absolute Gasteiger partial charge is 0.478 e. The van der Waals surface area contributed by atoms with Gasteiger partial charge in [0.2, 0.25) is 5.91 Å². The zero-order valence-electron chi connectivity index (χ0n) is 14.5. The van der Waals surface area contributed by atoms with E-state index in [1.807, 2.05) is 12.1 Å². The predicted molar refractivity (Wildman–Crippen MR) is 103 cm³/mol. The molecule has 0 aliphatic carbocycles. The van der Waals surface area contributed by atoms with Gasteiger partial charge in [0.15, 0.2) is 0 Å². The fourth-order valence-electron chi connectivity index (χ4n) is 2.65. The van der Waals surface area contributed by atoms with Crippen molar-refractivity contribution in [1.82, 2.24) is 0 Å².